The summed E-state index contributed by atoms with van der Waals surface area (Å²) >= 11 is 0. The fourth-order valence-corrected chi connectivity index (χ4v) is 2.65. The van der Waals surface area contributed by atoms with Gasteiger partial charge >= 0.3 is 0 Å². The van der Waals surface area contributed by atoms with Crippen LogP contribution in [0.1, 0.15) is 17.0 Å². The fraction of sp³-hybridized carbons (Fsp3) is 0.250. The van der Waals surface area contributed by atoms with Gasteiger partial charge in [0.2, 0.25) is 0 Å². The topological polar surface area (TPSA) is 21.3 Å². The summed E-state index contributed by atoms with van der Waals surface area (Å²) in [7, 11) is 1.91. The van der Waals surface area contributed by atoms with Gasteiger partial charge in [0.1, 0.15) is 17.3 Å². The lowest BCUT2D eigenvalue weighted by Gasteiger charge is -2.16. The van der Waals surface area contributed by atoms with Crippen molar-refractivity contribution in [3.05, 3.63) is 59.4 Å². The van der Waals surface area contributed by atoms with Crippen molar-refractivity contribution in [2.75, 3.05) is 13.6 Å². The number of fused-ring (bicyclic) bond motifs is 2. The van der Waals surface area contributed by atoms with Gasteiger partial charge in [-0.3, -0.25) is 0 Å². The van der Waals surface area contributed by atoms with Gasteiger partial charge in [0, 0.05) is 18.0 Å². The van der Waals surface area contributed by atoms with E-state index in [-0.39, 0.29) is 11.7 Å². The minimum absolute atomic E-state index is 0.189. The molecule has 0 fully saturated rings. The Morgan fingerprint density at radius 3 is 2.79 bits per heavy atom. The summed E-state index contributed by atoms with van der Waals surface area (Å²) in [5.74, 6) is 1.49. The van der Waals surface area contributed by atoms with E-state index < -0.39 is 0 Å². The molecule has 3 heteroatoms. The molecule has 2 nitrogen and oxygen atoms in total. The summed E-state index contributed by atoms with van der Waals surface area (Å²) in [6, 6.07) is 13.0. The van der Waals surface area contributed by atoms with E-state index in [1.807, 2.05) is 31.3 Å². The molecule has 0 aromatic heterocycles. The number of likely N-dealkylation sites (N-methyl/N-ethyl adjacent to an activating group) is 1. The fourth-order valence-electron chi connectivity index (χ4n) is 2.65. The summed E-state index contributed by atoms with van der Waals surface area (Å²) in [6.45, 7) is 0.800. The van der Waals surface area contributed by atoms with E-state index in [0.29, 0.717) is 17.7 Å². The second-order valence-corrected chi connectivity index (χ2v) is 4.82. The minimum atomic E-state index is -0.189. The lowest BCUT2D eigenvalue weighted by Crippen LogP contribution is -2.19. The molecule has 0 amide bonds. The van der Waals surface area contributed by atoms with Crippen LogP contribution in [0.5, 0.6) is 11.5 Å². The van der Waals surface area contributed by atoms with E-state index in [1.165, 1.54) is 6.07 Å². The highest BCUT2D eigenvalue weighted by Crippen LogP contribution is 2.39. The molecule has 0 saturated carbocycles. The third kappa shape index (κ3) is 2.22. The smallest absolute Gasteiger partial charge is 0.133 e. The lowest BCUT2D eigenvalue weighted by atomic mass is 9.91. The zero-order valence-electron chi connectivity index (χ0n) is 10.8. The molecule has 1 aliphatic heterocycles. The molecule has 98 valence electrons. The average molecular weight is 257 g/mol. The molecule has 0 radical (unpaired) electrons. The van der Waals surface area contributed by atoms with Crippen molar-refractivity contribution in [3.8, 4) is 11.5 Å². The number of halogens is 1. The van der Waals surface area contributed by atoms with Gasteiger partial charge in [-0.05, 0) is 37.2 Å². The van der Waals surface area contributed by atoms with Crippen LogP contribution in [0, 0.1) is 5.82 Å². The predicted octanol–water partition coefficient (Wildman–Crippen LogP) is 3.48. The molecule has 0 saturated heterocycles. The maximum absolute atomic E-state index is 14.0. The second-order valence-electron chi connectivity index (χ2n) is 4.82. The van der Waals surface area contributed by atoms with Crippen LogP contribution in [0.25, 0.3) is 0 Å². The van der Waals surface area contributed by atoms with Gasteiger partial charge in [-0.25, -0.2) is 4.39 Å². The summed E-state index contributed by atoms with van der Waals surface area (Å²) < 4.78 is 19.9. The highest BCUT2D eigenvalue weighted by molar-refractivity contribution is 5.47. The molecule has 2 aromatic rings. The lowest BCUT2D eigenvalue weighted by molar-refractivity contribution is 0.472. The molecule has 1 atom stereocenters. The Balaban J connectivity index is 2.12. The predicted molar refractivity (Wildman–Crippen MR) is 73.3 cm³/mol. The molecule has 0 spiro atoms. The van der Waals surface area contributed by atoms with Crippen LogP contribution in [-0.4, -0.2) is 13.6 Å². The van der Waals surface area contributed by atoms with Gasteiger partial charge in [0.15, 0.2) is 0 Å². The standard InChI is InChI=1S/C16H16FNO/c1-18-10-11-9-13-14(17)6-4-8-16(13)19-15-7-3-2-5-12(11)15/h2-8,11,18H,9-10H2,1H3. The molecule has 1 heterocycles. The van der Waals surface area contributed by atoms with Crippen molar-refractivity contribution in [1.82, 2.24) is 5.32 Å². The molecule has 1 N–H and O–H groups in total. The highest BCUT2D eigenvalue weighted by atomic mass is 19.1. The molecule has 19 heavy (non-hydrogen) atoms. The highest BCUT2D eigenvalue weighted by Gasteiger charge is 2.24. The molecular formula is C16H16FNO. The second kappa shape index (κ2) is 5.02. The van der Waals surface area contributed by atoms with Crippen LogP contribution in [0.3, 0.4) is 0 Å². The van der Waals surface area contributed by atoms with E-state index in [1.54, 1.807) is 6.07 Å². The molecule has 3 rings (SSSR count). The number of nitrogens with one attached hydrogen (secondary N) is 1. The van der Waals surface area contributed by atoms with Gasteiger partial charge < -0.3 is 10.1 Å². The number of rotatable bonds is 2. The minimum Gasteiger partial charge on any atom is -0.457 e. The summed E-state index contributed by atoms with van der Waals surface area (Å²) in [5.41, 5.74) is 1.80. The SMILES string of the molecule is CNCC1Cc2c(F)cccc2Oc2ccccc21. The zero-order chi connectivity index (χ0) is 13.2. The Labute approximate surface area is 112 Å². The number of hydrogen-bond acceptors (Lipinski definition) is 2. The van der Waals surface area contributed by atoms with Crippen molar-refractivity contribution in [2.24, 2.45) is 0 Å². The molecule has 2 aromatic carbocycles. The van der Waals surface area contributed by atoms with Crippen LogP contribution in [0.4, 0.5) is 4.39 Å². The van der Waals surface area contributed by atoms with Crippen LogP contribution >= 0.6 is 0 Å². The number of ether oxygens (including phenoxy) is 1. The van der Waals surface area contributed by atoms with Gasteiger partial charge in [-0.2, -0.15) is 0 Å². The summed E-state index contributed by atoms with van der Waals surface area (Å²) in [6.07, 6.45) is 0.653. The van der Waals surface area contributed by atoms with Crippen molar-refractivity contribution in [3.63, 3.8) is 0 Å². The van der Waals surface area contributed by atoms with Crippen molar-refractivity contribution >= 4 is 0 Å². The molecule has 0 bridgehead atoms. The van der Waals surface area contributed by atoms with E-state index in [0.717, 1.165) is 17.9 Å². The maximum atomic E-state index is 14.0. The quantitative estimate of drug-likeness (QED) is 0.889. The van der Waals surface area contributed by atoms with Crippen LogP contribution in [-0.2, 0) is 6.42 Å². The van der Waals surface area contributed by atoms with E-state index in [2.05, 4.69) is 11.4 Å². The van der Waals surface area contributed by atoms with Crippen molar-refractivity contribution in [1.29, 1.82) is 0 Å². The van der Waals surface area contributed by atoms with Gasteiger partial charge in [0.25, 0.3) is 0 Å². The van der Waals surface area contributed by atoms with Gasteiger partial charge in [-0.1, -0.05) is 24.3 Å². The number of hydrogen-bond donors (Lipinski definition) is 1. The van der Waals surface area contributed by atoms with E-state index in [9.17, 15) is 4.39 Å². The largest absolute Gasteiger partial charge is 0.457 e. The average Bonchev–Trinajstić information content (AvgIpc) is 2.57. The molecule has 0 aliphatic carbocycles. The number of para-hydroxylation sites is 1. The Morgan fingerprint density at radius 1 is 1.16 bits per heavy atom. The Kier molecular flexibility index (Phi) is 3.22. The van der Waals surface area contributed by atoms with Crippen molar-refractivity contribution < 1.29 is 9.13 Å². The van der Waals surface area contributed by atoms with E-state index in [4.69, 9.17) is 4.74 Å². The molecule has 1 unspecified atom stereocenters. The Bertz CT molecular complexity index is 597. The van der Waals surface area contributed by atoms with Gasteiger partial charge in [0.05, 0.1) is 0 Å². The monoisotopic (exact) mass is 257 g/mol. The first-order valence-electron chi connectivity index (χ1n) is 6.48. The summed E-state index contributed by atoms with van der Waals surface area (Å²) in [4.78, 5) is 0. The third-order valence-corrected chi connectivity index (χ3v) is 3.56. The van der Waals surface area contributed by atoms with Crippen molar-refractivity contribution in [2.45, 2.75) is 12.3 Å². The van der Waals surface area contributed by atoms with Gasteiger partial charge in [-0.15, -0.1) is 0 Å². The van der Waals surface area contributed by atoms with E-state index >= 15 is 0 Å². The molecule has 1 aliphatic rings. The Morgan fingerprint density at radius 2 is 1.95 bits per heavy atom. The first kappa shape index (κ1) is 12.2. The Hall–Kier alpha value is -1.87. The first-order valence-corrected chi connectivity index (χ1v) is 6.48. The molecular weight excluding hydrogens is 241 g/mol. The maximum Gasteiger partial charge on any atom is 0.133 e. The number of benzene rings is 2. The van der Waals surface area contributed by atoms with Crippen LogP contribution in [0.2, 0.25) is 0 Å². The zero-order valence-corrected chi connectivity index (χ0v) is 10.8. The van der Waals surface area contributed by atoms with Crippen LogP contribution in [0.15, 0.2) is 42.5 Å². The first-order chi connectivity index (χ1) is 9.29. The summed E-state index contributed by atoms with van der Waals surface area (Å²) in [5, 5.41) is 3.18. The normalized spacial score (nSPS) is 17.1. The van der Waals surface area contributed by atoms with Crippen LogP contribution < -0.4 is 10.1 Å². The third-order valence-electron chi connectivity index (χ3n) is 3.56.